The van der Waals surface area contributed by atoms with Gasteiger partial charge in [-0.2, -0.15) is 0 Å². The molecule has 1 amide bonds. The summed E-state index contributed by atoms with van der Waals surface area (Å²) in [5.41, 5.74) is 2.08. The molecule has 1 N–H and O–H groups in total. The Labute approximate surface area is 185 Å². The van der Waals surface area contributed by atoms with Gasteiger partial charge >= 0.3 is 0 Å². The third-order valence-electron chi connectivity index (χ3n) is 5.49. The fraction of sp³-hybridized carbons (Fsp3) is 0.200. The predicted octanol–water partition coefficient (Wildman–Crippen LogP) is 4.23. The molecule has 1 aromatic heterocycles. The standard InChI is InChI=1S/C25H23NO6/c1-15-6-8-16(9-7-15)23(27)21-22(17-10-11-19(30-2)20(13-17)31-3)26(25(29)24(21)28)14-18-5-4-12-32-18/h4-13,22,27H,14H2,1-3H3/b23-21-. The van der Waals surface area contributed by atoms with Crippen LogP contribution in [0.1, 0.15) is 28.5 Å². The summed E-state index contributed by atoms with van der Waals surface area (Å²) in [5.74, 6) is -0.219. The van der Waals surface area contributed by atoms with Crippen molar-refractivity contribution in [3.05, 3.63) is 88.9 Å². The van der Waals surface area contributed by atoms with E-state index < -0.39 is 17.7 Å². The number of likely N-dealkylation sites (tertiary alicyclic amines) is 1. The van der Waals surface area contributed by atoms with Crippen molar-refractivity contribution in [3.63, 3.8) is 0 Å². The van der Waals surface area contributed by atoms with Crippen molar-refractivity contribution in [1.82, 2.24) is 4.90 Å². The second kappa shape index (κ2) is 8.63. The van der Waals surface area contributed by atoms with Crippen LogP contribution in [0.15, 0.2) is 70.9 Å². The van der Waals surface area contributed by atoms with Gasteiger partial charge in [0.15, 0.2) is 11.5 Å². The third kappa shape index (κ3) is 3.73. The molecule has 32 heavy (non-hydrogen) atoms. The molecule has 0 aliphatic carbocycles. The van der Waals surface area contributed by atoms with Gasteiger partial charge in [0.05, 0.1) is 38.6 Å². The molecule has 1 aliphatic heterocycles. The largest absolute Gasteiger partial charge is 0.507 e. The molecule has 164 valence electrons. The van der Waals surface area contributed by atoms with Gasteiger partial charge in [0.2, 0.25) is 0 Å². The average molecular weight is 433 g/mol. The van der Waals surface area contributed by atoms with E-state index in [1.807, 2.05) is 19.1 Å². The number of ether oxygens (including phenoxy) is 2. The Bertz CT molecular complexity index is 1180. The number of methoxy groups -OCH3 is 2. The Balaban J connectivity index is 1.89. The van der Waals surface area contributed by atoms with Gasteiger partial charge in [-0.05, 0) is 36.8 Å². The molecule has 7 heteroatoms. The number of aryl methyl sites for hydroxylation is 1. The SMILES string of the molecule is COc1ccc(C2/C(=C(/O)c3ccc(C)cc3)C(=O)C(=O)N2Cc2ccco2)cc1OC. The van der Waals surface area contributed by atoms with Crippen LogP contribution < -0.4 is 9.47 Å². The van der Waals surface area contributed by atoms with E-state index in [-0.39, 0.29) is 17.9 Å². The van der Waals surface area contributed by atoms with Crippen molar-refractivity contribution >= 4 is 17.4 Å². The molecule has 0 radical (unpaired) electrons. The number of ketones is 1. The molecule has 1 unspecified atom stereocenters. The Morgan fingerprint density at radius 1 is 1.03 bits per heavy atom. The lowest BCUT2D eigenvalue weighted by atomic mass is 9.94. The number of hydrogen-bond donors (Lipinski definition) is 1. The van der Waals surface area contributed by atoms with E-state index in [0.29, 0.717) is 28.4 Å². The first kappa shape index (κ1) is 21.2. The number of rotatable bonds is 6. The lowest BCUT2D eigenvalue weighted by Crippen LogP contribution is -2.29. The van der Waals surface area contributed by atoms with Gasteiger partial charge < -0.3 is 23.9 Å². The number of aliphatic hydroxyl groups excluding tert-OH is 1. The maximum Gasteiger partial charge on any atom is 0.296 e. The van der Waals surface area contributed by atoms with Crippen LogP contribution in [-0.4, -0.2) is 35.9 Å². The Hall–Kier alpha value is -4.00. The highest BCUT2D eigenvalue weighted by molar-refractivity contribution is 6.46. The van der Waals surface area contributed by atoms with Crippen LogP contribution in [-0.2, 0) is 16.1 Å². The summed E-state index contributed by atoms with van der Waals surface area (Å²) in [5, 5.41) is 11.1. The monoisotopic (exact) mass is 433 g/mol. The summed E-state index contributed by atoms with van der Waals surface area (Å²) in [7, 11) is 3.03. The minimum absolute atomic E-state index is 0.0117. The fourth-order valence-corrected chi connectivity index (χ4v) is 3.85. The van der Waals surface area contributed by atoms with Crippen molar-refractivity contribution in [2.75, 3.05) is 14.2 Å². The van der Waals surface area contributed by atoms with E-state index in [1.165, 1.54) is 25.4 Å². The Kier molecular flexibility index (Phi) is 5.73. The number of nitrogens with zero attached hydrogens (tertiary/aromatic N) is 1. The Morgan fingerprint density at radius 2 is 1.75 bits per heavy atom. The smallest absolute Gasteiger partial charge is 0.296 e. The summed E-state index contributed by atoms with van der Waals surface area (Å²) in [6.45, 7) is 2.00. The number of carbonyl (C=O) groups is 2. The van der Waals surface area contributed by atoms with Crippen LogP contribution in [0.5, 0.6) is 11.5 Å². The van der Waals surface area contributed by atoms with Crippen LogP contribution in [0.2, 0.25) is 0 Å². The molecule has 0 spiro atoms. The van der Waals surface area contributed by atoms with Gasteiger partial charge in [0.25, 0.3) is 11.7 Å². The maximum absolute atomic E-state index is 13.1. The zero-order chi connectivity index (χ0) is 22.8. The number of benzene rings is 2. The number of furan rings is 1. The van der Waals surface area contributed by atoms with Crippen LogP contribution in [0.3, 0.4) is 0 Å². The highest BCUT2D eigenvalue weighted by Gasteiger charge is 2.46. The number of Topliss-reactive ketones (excluding diaryl/α,β-unsaturated/α-hetero) is 1. The summed E-state index contributed by atoms with van der Waals surface area (Å²) < 4.78 is 16.1. The molecule has 1 atom stereocenters. The molecular formula is C25H23NO6. The topological polar surface area (TPSA) is 89.2 Å². The summed E-state index contributed by atoms with van der Waals surface area (Å²) in [4.78, 5) is 27.5. The number of hydrogen-bond acceptors (Lipinski definition) is 6. The molecule has 3 aromatic rings. The van der Waals surface area contributed by atoms with Crippen LogP contribution >= 0.6 is 0 Å². The zero-order valence-electron chi connectivity index (χ0n) is 18.0. The number of amides is 1. The first-order chi connectivity index (χ1) is 15.4. The second-order valence-corrected chi connectivity index (χ2v) is 7.49. The minimum Gasteiger partial charge on any atom is -0.507 e. The van der Waals surface area contributed by atoms with E-state index in [0.717, 1.165) is 5.56 Å². The summed E-state index contributed by atoms with van der Waals surface area (Å²) in [6, 6.07) is 14.9. The van der Waals surface area contributed by atoms with Crippen molar-refractivity contribution in [2.45, 2.75) is 19.5 Å². The van der Waals surface area contributed by atoms with Gasteiger partial charge in [-0.1, -0.05) is 35.9 Å². The van der Waals surface area contributed by atoms with Gasteiger partial charge in [0.1, 0.15) is 11.5 Å². The lowest BCUT2D eigenvalue weighted by molar-refractivity contribution is -0.140. The van der Waals surface area contributed by atoms with Crippen molar-refractivity contribution in [1.29, 1.82) is 0 Å². The third-order valence-corrected chi connectivity index (χ3v) is 5.49. The molecule has 4 rings (SSSR count). The Morgan fingerprint density at radius 3 is 2.38 bits per heavy atom. The van der Waals surface area contributed by atoms with E-state index in [9.17, 15) is 14.7 Å². The highest BCUT2D eigenvalue weighted by Crippen LogP contribution is 2.42. The molecule has 1 saturated heterocycles. The highest BCUT2D eigenvalue weighted by atomic mass is 16.5. The lowest BCUT2D eigenvalue weighted by Gasteiger charge is -2.25. The van der Waals surface area contributed by atoms with Gasteiger partial charge in [-0.25, -0.2) is 0 Å². The van der Waals surface area contributed by atoms with E-state index in [2.05, 4.69) is 0 Å². The maximum atomic E-state index is 13.1. The average Bonchev–Trinajstić information content (AvgIpc) is 3.41. The van der Waals surface area contributed by atoms with Gasteiger partial charge in [0, 0.05) is 5.56 Å². The molecule has 2 aromatic carbocycles. The second-order valence-electron chi connectivity index (χ2n) is 7.49. The zero-order valence-corrected chi connectivity index (χ0v) is 18.0. The van der Waals surface area contributed by atoms with Gasteiger partial charge in [-0.15, -0.1) is 0 Å². The first-order valence-electron chi connectivity index (χ1n) is 10.0. The number of carbonyl (C=O) groups excluding carboxylic acids is 2. The first-order valence-corrected chi connectivity index (χ1v) is 10.0. The molecule has 1 aliphatic rings. The molecule has 7 nitrogen and oxygen atoms in total. The van der Waals surface area contributed by atoms with Crippen LogP contribution in [0, 0.1) is 6.92 Å². The van der Waals surface area contributed by atoms with Crippen molar-refractivity contribution in [2.24, 2.45) is 0 Å². The molecule has 1 fully saturated rings. The number of aliphatic hydroxyl groups is 1. The predicted molar refractivity (Wildman–Crippen MR) is 117 cm³/mol. The van der Waals surface area contributed by atoms with Crippen molar-refractivity contribution < 1.29 is 28.6 Å². The summed E-state index contributed by atoms with van der Waals surface area (Å²) in [6.07, 6.45) is 1.50. The quantitative estimate of drug-likeness (QED) is 0.356. The van der Waals surface area contributed by atoms with Crippen LogP contribution in [0.25, 0.3) is 5.76 Å². The van der Waals surface area contributed by atoms with Crippen molar-refractivity contribution in [3.8, 4) is 11.5 Å². The van der Waals surface area contributed by atoms with Gasteiger partial charge in [-0.3, -0.25) is 9.59 Å². The molecule has 0 bridgehead atoms. The van der Waals surface area contributed by atoms with Crippen LogP contribution in [0.4, 0.5) is 0 Å². The van der Waals surface area contributed by atoms with E-state index in [1.54, 1.807) is 42.5 Å². The minimum atomic E-state index is -0.832. The van der Waals surface area contributed by atoms with E-state index in [4.69, 9.17) is 13.9 Å². The molecule has 2 heterocycles. The fourth-order valence-electron chi connectivity index (χ4n) is 3.85. The molecular weight excluding hydrogens is 410 g/mol. The van der Waals surface area contributed by atoms with E-state index >= 15 is 0 Å². The normalized spacial score (nSPS) is 17.6. The molecule has 0 saturated carbocycles. The summed E-state index contributed by atoms with van der Waals surface area (Å²) >= 11 is 0.